The van der Waals surface area contributed by atoms with Crippen molar-refractivity contribution in [3.05, 3.63) is 0 Å². The van der Waals surface area contributed by atoms with E-state index in [1.165, 1.54) is 225 Å². The van der Waals surface area contributed by atoms with Crippen molar-refractivity contribution in [3.8, 4) is 0 Å². The summed E-state index contributed by atoms with van der Waals surface area (Å²) in [7, 11) is 0. The summed E-state index contributed by atoms with van der Waals surface area (Å²) in [5.41, 5.74) is 0. The van der Waals surface area contributed by atoms with E-state index >= 15 is 0 Å². The summed E-state index contributed by atoms with van der Waals surface area (Å²) in [5.74, 6) is 1.72. The topological polar surface area (TPSA) is 78.9 Å². The summed E-state index contributed by atoms with van der Waals surface area (Å²) in [4.78, 5) is 38.2. The number of unbranched alkanes of at least 4 members (excludes halogenated alkanes) is 37. The Kier molecular flexibility index (Phi) is 52.0. The molecule has 0 spiro atoms. The lowest BCUT2D eigenvalue weighted by Gasteiger charge is -2.18. The largest absolute Gasteiger partial charge is 0.462 e. The fourth-order valence-electron chi connectivity index (χ4n) is 9.50. The number of carbonyl (C=O) groups is 3. The van der Waals surface area contributed by atoms with E-state index in [9.17, 15) is 14.4 Å². The minimum atomic E-state index is -0.764. The molecule has 0 fully saturated rings. The Bertz CT molecular complexity index is 1060. The van der Waals surface area contributed by atoms with Gasteiger partial charge in [0, 0.05) is 19.3 Å². The zero-order valence-electron chi connectivity index (χ0n) is 46.9. The summed E-state index contributed by atoms with van der Waals surface area (Å²) in [5, 5.41) is 0. The predicted molar refractivity (Wildman–Crippen MR) is 293 cm³/mol. The molecule has 2 atom stereocenters. The summed E-state index contributed by atoms with van der Waals surface area (Å²) in [6, 6.07) is 0. The quantitative estimate of drug-likeness (QED) is 0.0343. The van der Waals surface area contributed by atoms with E-state index in [0.29, 0.717) is 19.3 Å². The first-order valence-electron chi connectivity index (χ1n) is 30.6. The number of ether oxygens (including phenoxy) is 3. The number of carbonyl (C=O) groups excluding carboxylic acids is 3. The lowest BCUT2D eigenvalue weighted by molar-refractivity contribution is -0.167. The van der Waals surface area contributed by atoms with E-state index in [4.69, 9.17) is 14.2 Å². The van der Waals surface area contributed by atoms with Crippen LogP contribution in [0.15, 0.2) is 0 Å². The first-order valence-corrected chi connectivity index (χ1v) is 30.6. The van der Waals surface area contributed by atoms with Gasteiger partial charge in [0.05, 0.1) is 0 Å². The average Bonchev–Trinajstić information content (AvgIpc) is 3.31. The maximum atomic E-state index is 12.9. The van der Waals surface area contributed by atoms with E-state index in [1.807, 2.05) is 0 Å². The van der Waals surface area contributed by atoms with Gasteiger partial charge in [-0.1, -0.05) is 305 Å². The van der Waals surface area contributed by atoms with E-state index in [-0.39, 0.29) is 31.1 Å². The third kappa shape index (κ3) is 53.8. The smallest absolute Gasteiger partial charge is 0.306 e. The molecule has 0 aliphatic carbocycles. The Balaban J connectivity index is 4.23. The molecule has 0 bridgehead atoms. The molecule has 0 rings (SSSR count). The SMILES string of the molecule is CCC(C)CCCCCCCCCCCCCCCCCCCCC(=O)OC[C@H](COC(=O)CCCCCCCCCCCCCCC(C)C)OC(=O)CCCCCCCCCCCCC(C)C. The fraction of sp³-hybridized carbons (Fsp3) is 0.952. The van der Waals surface area contributed by atoms with Crippen molar-refractivity contribution >= 4 is 17.9 Å². The van der Waals surface area contributed by atoms with Crippen molar-refractivity contribution < 1.29 is 28.6 Å². The highest BCUT2D eigenvalue weighted by molar-refractivity contribution is 5.71. The normalized spacial score (nSPS) is 12.5. The van der Waals surface area contributed by atoms with E-state index in [0.717, 1.165) is 75.5 Å². The highest BCUT2D eigenvalue weighted by Crippen LogP contribution is 2.19. The number of rotatable bonds is 55. The molecule has 6 heteroatoms. The highest BCUT2D eigenvalue weighted by Gasteiger charge is 2.19. The average molecular weight is 962 g/mol. The van der Waals surface area contributed by atoms with Crippen LogP contribution in [0, 0.1) is 17.8 Å². The first-order chi connectivity index (χ1) is 33.1. The standard InChI is InChI=1S/C62H120O6/c1-7-58(6)50-44-38-32-26-19-14-12-10-8-9-11-13-15-20-27-33-39-45-51-60(63)66-54-59(68-62(65)53-47-41-35-29-23-22-25-31-37-43-49-57(4)5)55-67-61(64)52-46-40-34-28-21-17-16-18-24-30-36-42-48-56(2)3/h56-59H,7-55H2,1-6H3/t58?,59-/m1/s1. The Morgan fingerprint density at radius 1 is 0.294 bits per heavy atom. The summed E-state index contributed by atoms with van der Waals surface area (Å²) in [6.07, 6.45) is 56.7. The zero-order valence-corrected chi connectivity index (χ0v) is 46.9. The van der Waals surface area contributed by atoms with Gasteiger partial charge < -0.3 is 14.2 Å². The van der Waals surface area contributed by atoms with Gasteiger partial charge in [0.2, 0.25) is 0 Å². The molecular weight excluding hydrogens is 841 g/mol. The Morgan fingerprint density at radius 3 is 0.765 bits per heavy atom. The second kappa shape index (κ2) is 53.2. The molecule has 1 unspecified atom stereocenters. The maximum Gasteiger partial charge on any atom is 0.306 e. The van der Waals surface area contributed by atoms with Gasteiger partial charge in [-0.25, -0.2) is 0 Å². The lowest BCUT2D eigenvalue weighted by Crippen LogP contribution is -2.30. The van der Waals surface area contributed by atoms with Crippen LogP contribution >= 0.6 is 0 Å². The van der Waals surface area contributed by atoms with Crippen LogP contribution < -0.4 is 0 Å². The molecule has 0 aromatic rings. The van der Waals surface area contributed by atoms with Crippen LogP contribution in [0.2, 0.25) is 0 Å². The van der Waals surface area contributed by atoms with Crippen molar-refractivity contribution in [1.29, 1.82) is 0 Å². The van der Waals surface area contributed by atoms with E-state index in [1.54, 1.807) is 0 Å². The molecule has 0 amide bonds. The van der Waals surface area contributed by atoms with Crippen LogP contribution in [-0.2, 0) is 28.6 Å². The highest BCUT2D eigenvalue weighted by atomic mass is 16.6. The van der Waals surface area contributed by atoms with E-state index < -0.39 is 6.10 Å². The second-order valence-corrected chi connectivity index (χ2v) is 22.5. The molecule has 68 heavy (non-hydrogen) atoms. The third-order valence-electron chi connectivity index (χ3n) is 14.5. The summed E-state index contributed by atoms with van der Waals surface area (Å²) >= 11 is 0. The van der Waals surface area contributed by atoms with Crippen LogP contribution in [-0.4, -0.2) is 37.2 Å². The van der Waals surface area contributed by atoms with Crippen LogP contribution in [0.1, 0.15) is 343 Å². The number of hydrogen-bond acceptors (Lipinski definition) is 6. The summed E-state index contributed by atoms with van der Waals surface area (Å²) < 4.78 is 16.9. The van der Waals surface area contributed by atoms with Crippen molar-refractivity contribution in [2.75, 3.05) is 13.2 Å². The first kappa shape index (κ1) is 66.4. The Morgan fingerprint density at radius 2 is 0.515 bits per heavy atom. The molecule has 0 N–H and O–H groups in total. The van der Waals surface area contributed by atoms with Gasteiger partial charge in [-0.3, -0.25) is 14.4 Å². The minimum absolute atomic E-state index is 0.0633. The minimum Gasteiger partial charge on any atom is -0.462 e. The number of esters is 3. The molecule has 0 heterocycles. The van der Waals surface area contributed by atoms with Crippen LogP contribution in [0.5, 0.6) is 0 Å². The molecule has 0 aliphatic rings. The van der Waals surface area contributed by atoms with Gasteiger partial charge in [-0.2, -0.15) is 0 Å². The van der Waals surface area contributed by atoms with Gasteiger partial charge >= 0.3 is 17.9 Å². The van der Waals surface area contributed by atoms with Crippen LogP contribution in [0.3, 0.4) is 0 Å². The van der Waals surface area contributed by atoms with Gasteiger partial charge in [-0.05, 0) is 37.0 Å². The van der Waals surface area contributed by atoms with Gasteiger partial charge in [0.1, 0.15) is 13.2 Å². The predicted octanol–water partition coefficient (Wildman–Crippen LogP) is 20.3. The van der Waals surface area contributed by atoms with Crippen molar-refractivity contribution in [1.82, 2.24) is 0 Å². The molecule has 6 nitrogen and oxygen atoms in total. The van der Waals surface area contributed by atoms with Crippen molar-refractivity contribution in [2.45, 2.75) is 349 Å². The monoisotopic (exact) mass is 961 g/mol. The third-order valence-corrected chi connectivity index (χ3v) is 14.5. The van der Waals surface area contributed by atoms with Crippen LogP contribution in [0.4, 0.5) is 0 Å². The van der Waals surface area contributed by atoms with Gasteiger partial charge in [0.25, 0.3) is 0 Å². The molecular formula is C62H120O6. The van der Waals surface area contributed by atoms with Crippen LogP contribution in [0.25, 0.3) is 0 Å². The molecule has 0 radical (unpaired) electrons. The van der Waals surface area contributed by atoms with Gasteiger partial charge in [-0.15, -0.1) is 0 Å². The van der Waals surface area contributed by atoms with Crippen molar-refractivity contribution in [2.24, 2.45) is 17.8 Å². The van der Waals surface area contributed by atoms with Gasteiger partial charge in [0.15, 0.2) is 6.10 Å². The Labute approximate surface area is 425 Å². The molecule has 0 aromatic carbocycles. The number of hydrogen-bond donors (Lipinski definition) is 0. The summed E-state index contributed by atoms with van der Waals surface area (Å²) in [6.45, 7) is 13.8. The Hall–Kier alpha value is -1.59. The molecule has 0 saturated carbocycles. The molecule has 0 aromatic heterocycles. The lowest BCUT2D eigenvalue weighted by atomic mass is 9.99. The maximum absolute atomic E-state index is 12.9. The second-order valence-electron chi connectivity index (χ2n) is 22.5. The molecule has 0 saturated heterocycles. The zero-order chi connectivity index (χ0) is 49.8. The molecule has 0 aliphatic heterocycles. The fourth-order valence-corrected chi connectivity index (χ4v) is 9.50. The van der Waals surface area contributed by atoms with E-state index in [2.05, 4.69) is 41.5 Å². The molecule has 404 valence electrons. The van der Waals surface area contributed by atoms with Crippen molar-refractivity contribution in [3.63, 3.8) is 0 Å².